The van der Waals surface area contributed by atoms with Gasteiger partial charge in [0.25, 0.3) is 0 Å². The molecule has 1 fully saturated rings. The number of nitrogens with zero attached hydrogens (tertiary/aromatic N) is 1. The molecule has 0 spiro atoms. The van der Waals surface area contributed by atoms with Crippen molar-refractivity contribution in [1.29, 1.82) is 0 Å². The van der Waals surface area contributed by atoms with Crippen LogP contribution in [0.5, 0.6) is 5.88 Å². The predicted molar refractivity (Wildman–Crippen MR) is 69.7 cm³/mol. The summed E-state index contributed by atoms with van der Waals surface area (Å²) in [5.41, 5.74) is 1.08. The molecule has 18 heavy (non-hydrogen) atoms. The fourth-order valence-corrected chi connectivity index (χ4v) is 2.02. The van der Waals surface area contributed by atoms with Crippen LogP contribution in [-0.4, -0.2) is 30.0 Å². The smallest absolute Gasteiger partial charge is 0.213 e. The number of carbonyl (C=O) groups is 1. The number of nitrogens with one attached hydrogen (secondary N) is 1. The van der Waals surface area contributed by atoms with Crippen molar-refractivity contribution in [3.05, 3.63) is 23.9 Å². The highest BCUT2D eigenvalue weighted by molar-refractivity contribution is 5.75. The van der Waals surface area contributed by atoms with Gasteiger partial charge in [0.15, 0.2) is 0 Å². The van der Waals surface area contributed by atoms with Crippen molar-refractivity contribution in [3.8, 4) is 5.88 Å². The second-order valence-electron chi connectivity index (χ2n) is 4.90. The van der Waals surface area contributed by atoms with Crippen LogP contribution in [0.4, 0.5) is 0 Å². The second kappa shape index (κ2) is 5.96. The first-order chi connectivity index (χ1) is 8.67. The topological polar surface area (TPSA) is 51.2 Å². The summed E-state index contributed by atoms with van der Waals surface area (Å²) >= 11 is 0. The molecule has 1 aromatic heterocycles. The largest absolute Gasteiger partial charge is 0.474 e. The zero-order valence-electron chi connectivity index (χ0n) is 11.0. The number of pyridine rings is 1. The molecule has 1 aliphatic rings. The van der Waals surface area contributed by atoms with Gasteiger partial charge in [-0.15, -0.1) is 0 Å². The Morgan fingerprint density at radius 1 is 1.50 bits per heavy atom. The van der Waals surface area contributed by atoms with E-state index in [-0.39, 0.29) is 11.9 Å². The Morgan fingerprint density at radius 2 is 2.28 bits per heavy atom. The van der Waals surface area contributed by atoms with E-state index in [1.54, 1.807) is 13.1 Å². The van der Waals surface area contributed by atoms with Crippen LogP contribution in [0, 0.1) is 0 Å². The third kappa shape index (κ3) is 3.53. The first kappa shape index (κ1) is 13.0. The number of hydrogen-bond donors (Lipinski definition) is 1. The summed E-state index contributed by atoms with van der Waals surface area (Å²) in [7, 11) is 1.98. The van der Waals surface area contributed by atoms with E-state index in [1.807, 2.05) is 19.2 Å². The molecule has 4 heteroatoms. The van der Waals surface area contributed by atoms with Crippen LogP contribution in [0.25, 0.3) is 0 Å². The average molecular weight is 248 g/mol. The van der Waals surface area contributed by atoms with Crippen molar-refractivity contribution >= 4 is 5.78 Å². The third-order valence-electron chi connectivity index (χ3n) is 3.35. The molecular formula is C14H20N2O2. The Balaban J connectivity index is 1.79. The number of rotatable bonds is 6. The number of aryl methyl sites for hydroxylation is 1. The molecule has 0 saturated heterocycles. The van der Waals surface area contributed by atoms with E-state index in [2.05, 4.69) is 10.3 Å². The van der Waals surface area contributed by atoms with E-state index in [0.29, 0.717) is 18.3 Å². The van der Waals surface area contributed by atoms with Gasteiger partial charge in [0.2, 0.25) is 5.88 Å². The summed E-state index contributed by atoms with van der Waals surface area (Å²) in [6.45, 7) is 1.61. The second-order valence-corrected chi connectivity index (χ2v) is 4.90. The van der Waals surface area contributed by atoms with Crippen molar-refractivity contribution in [1.82, 2.24) is 10.3 Å². The first-order valence-corrected chi connectivity index (χ1v) is 6.45. The number of aromatic nitrogens is 1. The highest BCUT2D eigenvalue weighted by Crippen LogP contribution is 2.24. The van der Waals surface area contributed by atoms with E-state index >= 15 is 0 Å². The Labute approximate surface area is 108 Å². The number of hydrogen-bond acceptors (Lipinski definition) is 4. The molecule has 2 rings (SSSR count). The highest BCUT2D eigenvalue weighted by Gasteiger charge is 2.29. The zero-order valence-corrected chi connectivity index (χ0v) is 11.0. The van der Waals surface area contributed by atoms with Gasteiger partial charge in [-0.05, 0) is 38.8 Å². The van der Waals surface area contributed by atoms with Gasteiger partial charge >= 0.3 is 0 Å². The van der Waals surface area contributed by atoms with Crippen molar-refractivity contribution in [3.63, 3.8) is 0 Å². The standard InChI is InChI=1S/C14H20N2O2/c1-10(17)3-4-11-5-6-14(16-9-11)18-13-7-12(8-13)15-2/h5-6,9,12-13,15H,3-4,7-8H2,1-2H3/t12-,13-. The first-order valence-electron chi connectivity index (χ1n) is 6.45. The monoisotopic (exact) mass is 248 g/mol. The third-order valence-corrected chi connectivity index (χ3v) is 3.35. The van der Waals surface area contributed by atoms with Crippen molar-refractivity contribution < 1.29 is 9.53 Å². The minimum absolute atomic E-state index is 0.211. The van der Waals surface area contributed by atoms with Crippen LogP contribution in [0.2, 0.25) is 0 Å². The maximum Gasteiger partial charge on any atom is 0.213 e. The lowest BCUT2D eigenvalue weighted by molar-refractivity contribution is -0.116. The molecule has 0 radical (unpaired) electrons. The molecule has 1 heterocycles. The maximum atomic E-state index is 10.9. The molecule has 1 saturated carbocycles. The summed E-state index contributed by atoms with van der Waals surface area (Å²) < 4.78 is 5.74. The van der Waals surface area contributed by atoms with E-state index in [9.17, 15) is 4.79 Å². The Kier molecular flexibility index (Phi) is 4.31. The van der Waals surface area contributed by atoms with Crippen LogP contribution in [0.3, 0.4) is 0 Å². The predicted octanol–water partition coefficient (Wildman–Crippen LogP) is 1.73. The van der Waals surface area contributed by atoms with Gasteiger partial charge in [-0.25, -0.2) is 4.98 Å². The molecule has 0 bridgehead atoms. The summed E-state index contributed by atoms with van der Waals surface area (Å²) in [6.07, 6.45) is 5.52. The molecule has 1 aromatic rings. The van der Waals surface area contributed by atoms with Crippen molar-refractivity contribution in [2.24, 2.45) is 0 Å². The lowest BCUT2D eigenvalue weighted by atomic mass is 9.89. The van der Waals surface area contributed by atoms with Gasteiger partial charge < -0.3 is 14.8 Å². The average Bonchev–Trinajstić information content (AvgIpc) is 2.32. The molecule has 0 aromatic carbocycles. The number of ketones is 1. The number of Topliss-reactive ketones (excluding diaryl/α,β-unsaturated/α-hetero) is 1. The molecule has 1 N–H and O–H groups in total. The van der Waals surface area contributed by atoms with Crippen molar-refractivity contribution in [2.45, 2.75) is 44.8 Å². The summed E-state index contributed by atoms with van der Waals surface area (Å²) in [5.74, 6) is 0.893. The van der Waals surface area contributed by atoms with E-state index in [1.165, 1.54) is 0 Å². The molecule has 4 nitrogen and oxygen atoms in total. The fourth-order valence-electron chi connectivity index (χ4n) is 2.02. The molecule has 0 aliphatic heterocycles. The Hall–Kier alpha value is -1.42. The summed E-state index contributed by atoms with van der Waals surface area (Å²) in [4.78, 5) is 15.2. The minimum atomic E-state index is 0.211. The lowest BCUT2D eigenvalue weighted by Gasteiger charge is -2.34. The maximum absolute atomic E-state index is 10.9. The fraction of sp³-hybridized carbons (Fsp3) is 0.571. The van der Waals surface area contributed by atoms with Gasteiger partial charge in [-0.1, -0.05) is 6.07 Å². The normalized spacial score (nSPS) is 22.3. The summed E-state index contributed by atoms with van der Waals surface area (Å²) in [6, 6.07) is 4.46. The van der Waals surface area contributed by atoms with Crippen molar-refractivity contribution in [2.75, 3.05) is 7.05 Å². The minimum Gasteiger partial charge on any atom is -0.474 e. The van der Waals surface area contributed by atoms with E-state index in [4.69, 9.17) is 4.74 Å². The Morgan fingerprint density at radius 3 is 2.83 bits per heavy atom. The molecule has 0 atom stereocenters. The van der Waals surface area contributed by atoms with E-state index in [0.717, 1.165) is 24.8 Å². The van der Waals surface area contributed by atoms with Gasteiger partial charge in [0.1, 0.15) is 11.9 Å². The van der Waals surface area contributed by atoms with Gasteiger partial charge in [-0.2, -0.15) is 0 Å². The highest BCUT2D eigenvalue weighted by atomic mass is 16.5. The molecule has 0 amide bonds. The lowest BCUT2D eigenvalue weighted by Crippen LogP contribution is -2.45. The number of carbonyl (C=O) groups excluding carboxylic acids is 1. The van der Waals surface area contributed by atoms with Gasteiger partial charge in [-0.3, -0.25) is 0 Å². The van der Waals surface area contributed by atoms with Gasteiger partial charge in [0, 0.05) is 24.7 Å². The van der Waals surface area contributed by atoms with Crippen LogP contribution in [0.15, 0.2) is 18.3 Å². The number of ether oxygens (including phenoxy) is 1. The van der Waals surface area contributed by atoms with E-state index < -0.39 is 0 Å². The molecule has 0 unspecified atom stereocenters. The van der Waals surface area contributed by atoms with Crippen LogP contribution in [0.1, 0.15) is 31.7 Å². The van der Waals surface area contributed by atoms with Crippen LogP contribution in [-0.2, 0) is 11.2 Å². The molecule has 1 aliphatic carbocycles. The van der Waals surface area contributed by atoms with Gasteiger partial charge in [0.05, 0.1) is 0 Å². The zero-order chi connectivity index (χ0) is 13.0. The SMILES string of the molecule is CN[C@H]1C[C@H](Oc2ccc(CCC(C)=O)cn2)C1. The Bertz CT molecular complexity index is 397. The molecule has 98 valence electrons. The molecular weight excluding hydrogens is 228 g/mol. The quantitative estimate of drug-likeness (QED) is 0.833. The van der Waals surface area contributed by atoms with Crippen LogP contribution < -0.4 is 10.1 Å². The van der Waals surface area contributed by atoms with Crippen LogP contribution >= 0.6 is 0 Å². The summed E-state index contributed by atoms with van der Waals surface area (Å²) in [5, 5.41) is 3.22.